The van der Waals surface area contributed by atoms with E-state index in [4.69, 9.17) is 5.73 Å². The molecule has 3 aromatic rings. The smallest absolute Gasteiger partial charge is 0.255 e. The minimum absolute atomic E-state index is 0.0208. The molecule has 5 heteroatoms. The van der Waals surface area contributed by atoms with Gasteiger partial charge < -0.3 is 11.1 Å². The van der Waals surface area contributed by atoms with Crippen LogP contribution >= 0.6 is 0 Å². The second-order valence-corrected chi connectivity index (χ2v) is 7.89. The molecule has 148 valence electrons. The van der Waals surface area contributed by atoms with Gasteiger partial charge in [-0.15, -0.1) is 0 Å². The lowest BCUT2D eigenvalue weighted by molar-refractivity contribution is 0.102. The highest BCUT2D eigenvalue weighted by atomic mass is 19.1. The van der Waals surface area contributed by atoms with Crippen LogP contribution < -0.4 is 11.1 Å². The SMILES string of the molecule is CC(C)(C)c1ccc(C(=O)c2cccc(N)c2NC(=O)c2ccc(F)cc2)cc1. The second-order valence-electron chi connectivity index (χ2n) is 7.89. The number of ketones is 1. The zero-order chi connectivity index (χ0) is 21.2. The molecule has 0 aliphatic heterocycles. The number of halogens is 1. The van der Waals surface area contributed by atoms with Crippen LogP contribution in [0.1, 0.15) is 52.6 Å². The van der Waals surface area contributed by atoms with E-state index in [1.54, 1.807) is 30.3 Å². The third kappa shape index (κ3) is 4.51. The van der Waals surface area contributed by atoms with E-state index in [1.165, 1.54) is 24.3 Å². The highest BCUT2D eigenvalue weighted by Gasteiger charge is 2.19. The number of nitrogen functional groups attached to an aromatic ring is 1. The van der Waals surface area contributed by atoms with Crippen molar-refractivity contribution < 1.29 is 14.0 Å². The summed E-state index contributed by atoms with van der Waals surface area (Å²) in [6, 6.07) is 17.4. The molecular weight excluding hydrogens is 367 g/mol. The second kappa shape index (κ2) is 7.87. The predicted octanol–water partition coefficient (Wildman–Crippen LogP) is 5.19. The molecule has 0 aliphatic carbocycles. The number of nitrogens with two attached hydrogens (primary N) is 1. The summed E-state index contributed by atoms with van der Waals surface area (Å²) < 4.78 is 13.1. The number of carbonyl (C=O) groups is 2. The average molecular weight is 390 g/mol. The van der Waals surface area contributed by atoms with E-state index in [1.807, 2.05) is 12.1 Å². The summed E-state index contributed by atoms with van der Waals surface area (Å²) in [5.74, 6) is -1.15. The highest BCUT2D eigenvalue weighted by Crippen LogP contribution is 2.28. The maximum Gasteiger partial charge on any atom is 0.255 e. The van der Waals surface area contributed by atoms with Crippen molar-refractivity contribution in [2.45, 2.75) is 26.2 Å². The number of amides is 1. The minimum atomic E-state index is -0.472. The Kier molecular flexibility index (Phi) is 5.50. The summed E-state index contributed by atoms with van der Waals surface area (Å²) in [6.45, 7) is 6.31. The number of hydrogen-bond acceptors (Lipinski definition) is 3. The molecule has 0 bridgehead atoms. The summed E-state index contributed by atoms with van der Waals surface area (Å²) in [4.78, 5) is 25.6. The molecule has 0 fully saturated rings. The number of anilines is 2. The van der Waals surface area contributed by atoms with E-state index in [2.05, 4.69) is 26.1 Å². The summed E-state index contributed by atoms with van der Waals surface area (Å²) in [7, 11) is 0. The third-order valence-electron chi connectivity index (χ3n) is 4.70. The fraction of sp³-hybridized carbons (Fsp3) is 0.167. The molecule has 0 unspecified atom stereocenters. The first-order valence-electron chi connectivity index (χ1n) is 9.27. The topological polar surface area (TPSA) is 72.2 Å². The van der Waals surface area contributed by atoms with Crippen LogP contribution in [-0.2, 0) is 5.41 Å². The van der Waals surface area contributed by atoms with Crippen molar-refractivity contribution in [3.63, 3.8) is 0 Å². The first-order chi connectivity index (χ1) is 13.7. The number of hydrogen-bond donors (Lipinski definition) is 2. The van der Waals surface area contributed by atoms with Crippen molar-refractivity contribution in [3.8, 4) is 0 Å². The Labute approximate surface area is 169 Å². The molecule has 0 saturated heterocycles. The van der Waals surface area contributed by atoms with Crippen LogP contribution in [0.3, 0.4) is 0 Å². The Bertz CT molecular complexity index is 1050. The Morgan fingerprint density at radius 3 is 2.03 bits per heavy atom. The van der Waals surface area contributed by atoms with Gasteiger partial charge in [-0.2, -0.15) is 0 Å². The highest BCUT2D eigenvalue weighted by molar-refractivity contribution is 6.17. The van der Waals surface area contributed by atoms with Gasteiger partial charge in [-0.3, -0.25) is 9.59 Å². The van der Waals surface area contributed by atoms with Gasteiger partial charge in [0.1, 0.15) is 5.82 Å². The number of rotatable bonds is 4. The van der Waals surface area contributed by atoms with Crippen molar-refractivity contribution in [2.75, 3.05) is 11.1 Å². The molecule has 0 aliphatic rings. The fourth-order valence-corrected chi connectivity index (χ4v) is 2.96. The maximum atomic E-state index is 13.1. The third-order valence-corrected chi connectivity index (χ3v) is 4.70. The van der Waals surface area contributed by atoms with Crippen LogP contribution in [0.4, 0.5) is 15.8 Å². The molecule has 4 nitrogen and oxygen atoms in total. The van der Waals surface area contributed by atoms with Gasteiger partial charge in [-0.25, -0.2) is 4.39 Å². The quantitative estimate of drug-likeness (QED) is 0.476. The van der Waals surface area contributed by atoms with Gasteiger partial charge >= 0.3 is 0 Å². The standard InChI is InChI=1S/C24H23FN2O2/c1-24(2,3)17-11-7-15(8-12-17)22(28)19-5-4-6-20(26)21(19)27-23(29)16-9-13-18(25)14-10-16/h4-14H,26H2,1-3H3,(H,27,29). The first-order valence-corrected chi connectivity index (χ1v) is 9.27. The lowest BCUT2D eigenvalue weighted by atomic mass is 9.86. The Hall–Kier alpha value is -3.47. The van der Waals surface area contributed by atoms with E-state index >= 15 is 0 Å². The Balaban J connectivity index is 1.92. The van der Waals surface area contributed by atoms with Crippen LogP contribution in [0.2, 0.25) is 0 Å². The molecule has 0 atom stereocenters. The number of nitrogens with one attached hydrogen (secondary N) is 1. The van der Waals surface area contributed by atoms with Crippen molar-refractivity contribution in [1.82, 2.24) is 0 Å². The fourth-order valence-electron chi connectivity index (χ4n) is 2.96. The first kappa shape index (κ1) is 20.3. The average Bonchev–Trinajstić information content (AvgIpc) is 2.69. The Morgan fingerprint density at radius 1 is 0.862 bits per heavy atom. The predicted molar refractivity (Wildman–Crippen MR) is 114 cm³/mol. The van der Waals surface area contributed by atoms with Crippen LogP contribution in [0.25, 0.3) is 0 Å². The van der Waals surface area contributed by atoms with Gasteiger partial charge in [0.05, 0.1) is 11.4 Å². The largest absolute Gasteiger partial charge is 0.397 e. The molecule has 29 heavy (non-hydrogen) atoms. The molecular formula is C24H23FN2O2. The molecule has 0 aromatic heterocycles. The molecule has 0 saturated carbocycles. The molecule has 0 heterocycles. The van der Waals surface area contributed by atoms with E-state index < -0.39 is 11.7 Å². The number of carbonyl (C=O) groups excluding carboxylic acids is 2. The van der Waals surface area contributed by atoms with Gasteiger partial charge in [-0.1, -0.05) is 51.1 Å². The van der Waals surface area contributed by atoms with Gasteiger partial charge in [0, 0.05) is 16.7 Å². The maximum absolute atomic E-state index is 13.1. The van der Waals surface area contributed by atoms with E-state index in [9.17, 15) is 14.0 Å². The zero-order valence-corrected chi connectivity index (χ0v) is 16.6. The van der Waals surface area contributed by atoms with Crippen molar-refractivity contribution in [3.05, 3.63) is 94.8 Å². The number of benzene rings is 3. The molecule has 3 aromatic carbocycles. The normalized spacial score (nSPS) is 11.2. The summed E-state index contributed by atoms with van der Waals surface area (Å²) >= 11 is 0. The van der Waals surface area contributed by atoms with Gasteiger partial charge in [0.2, 0.25) is 0 Å². The van der Waals surface area contributed by atoms with E-state index in [0.29, 0.717) is 11.1 Å². The lowest BCUT2D eigenvalue weighted by Gasteiger charge is -2.19. The van der Waals surface area contributed by atoms with Gasteiger partial charge in [0.15, 0.2) is 5.78 Å². The van der Waals surface area contributed by atoms with Crippen LogP contribution in [0, 0.1) is 5.82 Å². The van der Waals surface area contributed by atoms with Crippen molar-refractivity contribution in [1.29, 1.82) is 0 Å². The lowest BCUT2D eigenvalue weighted by Crippen LogP contribution is -2.17. The van der Waals surface area contributed by atoms with E-state index in [0.717, 1.165) is 5.56 Å². The van der Waals surface area contributed by atoms with Crippen molar-refractivity contribution in [2.24, 2.45) is 0 Å². The van der Waals surface area contributed by atoms with Crippen LogP contribution in [-0.4, -0.2) is 11.7 Å². The van der Waals surface area contributed by atoms with Crippen molar-refractivity contribution >= 4 is 23.1 Å². The van der Waals surface area contributed by atoms with Crippen LogP contribution in [0.15, 0.2) is 66.7 Å². The van der Waals surface area contributed by atoms with Gasteiger partial charge in [0.25, 0.3) is 5.91 Å². The van der Waals surface area contributed by atoms with E-state index in [-0.39, 0.29) is 28.1 Å². The summed E-state index contributed by atoms with van der Waals surface area (Å²) in [5.41, 5.74) is 8.72. The Morgan fingerprint density at radius 2 is 1.45 bits per heavy atom. The minimum Gasteiger partial charge on any atom is -0.397 e. The number of para-hydroxylation sites is 1. The molecule has 3 rings (SSSR count). The molecule has 1 amide bonds. The van der Waals surface area contributed by atoms with Gasteiger partial charge in [-0.05, 0) is 47.4 Å². The zero-order valence-electron chi connectivity index (χ0n) is 16.6. The molecule has 0 radical (unpaired) electrons. The summed E-state index contributed by atoms with van der Waals surface area (Å²) in [6.07, 6.45) is 0. The summed E-state index contributed by atoms with van der Waals surface area (Å²) in [5, 5.41) is 2.69. The molecule has 0 spiro atoms. The van der Waals surface area contributed by atoms with Crippen LogP contribution in [0.5, 0.6) is 0 Å². The molecule has 3 N–H and O–H groups in total. The monoisotopic (exact) mass is 390 g/mol.